The molecule has 5 nitrogen and oxygen atoms in total. The van der Waals surface area contributed by atoms with E-state index in [1.807, 2.05) is 74.5 Å². The minimum absolute atomic E-state index is 0.146. The van der Waals surface area contributed by atoms with E-state index in [0.717, 1.165) is 34.2 Å². The third-order valence-electron chi connectivity index (χ3n) is 5.23. The molecule has 0 aliphatic carbocycles. The number of hydrogen-bond donors (Lipinski definition) is 1. The Morgan fingerprint density at radius 2 is 1.74 bits per heavy atom. The third-order valence-corrected chi connectivity index (χ3v) is 5.23. The summed E-state index contributed by atoms with van der Waals surface area (Å²) >= 11 is 0. The highest BCUT2D eigenvalue weighted by molar-refractivity contribution is 5.96. The highest BCUT2D eigenvalue weighted by Crippen LogP contribution is 2.33. The molecule has 0 saturated carbocycles. The van der Waals surface area contributed by atoms with E-state index in [2.05, 4.69) is 5.32 Å². The molecule has 0 atom stereocenters. The normalized spacial score (nSPS) is 10.8. The first-order chi connectivity index (χ1) is 15.1. The smallest absolute Gasteiger partial charge is 0.336 e. The Labute approximate surface area is 180 Å². The van der Waals surface area contributed by atoms with Gasteiger partial charge in [-0.25, -0.2) is 4.79 Å². The van der Waals surface area contributed by atoms with E-state index < -0.39 is 5.63 Å². The van der Waals surface area contributed by atoms with Crippen LogP contribution in [0.4, 0.5) is 5.69 Å². The van der Waals surface area contributed by atoms with Crippen molar-refractivity contribution < 1.29 is 13.9 Å². The van der Waals surface area contributed by atoms with Gasteiger partial charge in [0.1, 0.15) is 11.3 Å². The average molecular weight is 413 g/mol. The summed E-state index contributed by atoms with van der Waals surface area (Å²) in [6.45, 7) is 3.71. The predicted octanol–water partition coefficient (Wildman–Crippen LogP) is 5.35. The number of rotatable bonds is 6. The Bertz CT molecular complexity index is 1290. The van der Waals surface area contributed by atoms with Gasteiger partial charge in [-0.3, -0.25) is 4.79 Å². The molecule has 0 aliphatic rings. The first kappa shape index (κ1) is 20.4. The number of aryl methyl sites for hydroxylation is 2. The number of amides is 1. The van der Waals surface area contributed by atoms with Crippen molar-refractivity contribution in [3.05, 3.63) is 94.3 Å². The van der Waals surface area contributed by atoms with E-state index in [4.69, 9.17) is 9.15 Å². The maximum absolute atomic E-state index is 12.4. The van der Waals surface area contributed by atoms with Gasteiger partial charge in [-0.1, -0.05) is 55.5 Å². The molecule has 0 aliphatic heterocycles. The van der Waals surface area contributed by atoms with Crippen LogP contribution < -0.4 is 15.7 Å². The van der Waals surface area contributed by atoms with Crippen LogP contribution >= 0.6 is 0 Å². The number of benzene rings is 3. The summed E-state index contributed by atoms with van der Waals surface area (Å²) in [6, 6.07) is 22.5. The summed E-state index contributed by atoms with van der Waals surface area (Å²) in [6.07, 6.45) is 0.823. The Kier molecular flexibility index (Phi) is 5.85. The highest BCUT2D eigenvalue weighted by Gasteiger charge is 2.14. The predicted molar refractivity (Wildman–Crippen MR) is 123 cm³/mol. The lowest BCUT2D eigenvalue weighted by atomic mass is 10.0. The molecule has 1 aromatic heterocycles. The molecule has 0 bridgehead atoms. The van der Waals surface area contributed by atoms with Crippen molar-refractivity contribution in [2.24, 2.45) is 0 Å². The summed E-state index contributed by atoms with van der Waals surface area (Å²) in [5.74, 6) is 0.250. The molecule has 0 spiro atoms. The number of anilines is 1. The number of carbonyl (C=O) groups excluding carboxylic acids is 1. The Balaban J connectivity index is 1.59. The molecule has 0 saturated heterocycles. The zero-order valence-electron chi connectivity index (χ0n) is 17.5. The largest absolute Gasteiger partial charge is 0.483 e. The van der Waals surface area contributed by atoms with Crippen LogP contribution in [0, 0.1) is 6.92 Å². The summed E-state index contributed by atoms with van der Waals surface area (Å²) < 4.78 is 11.3. The quantitative estimate of drug-likeness (QED) is 0.433. The van der Waals surface area contributed by atoms with E-state index in [-0.39, 0.29) is 12.5 Å². The molecular weight excluding hydrogens is 390 g/mol. The average Bonchev–Trinajstić information content (AvgIpc) is 2.79. The standard InChI is InChI=1S/C26H23NO4/c1-3-18-9-7-8-12-22(18)27-24(28)16-30-23-14-13-20-21(19-10-5-4-6-11-19)15-25(29)31-26(20)17(23)2/h4-15H,3,16H2,1-2H3,(H,27,28). The molecule has 4 aromatic rings. The monoisotopic (exact) mass is 413 g/mol. The fraction of sp³-hybridized carbons (Fsp3) is 0.154. The number of carbonyl (C=O) groups is 1. The Morgan fingerprint density at radius 1 is 1.00 bits per heavy atom. The van der Waals surface area contributed by atoms with E-state index in [0.29, 0.717) is 16.9 Å². The Morgan fingerprint density at radius 3 is 2.52 bits per heavy atom. The number of fused-ring (bicyclic) bond motifs is 1. The van der Waals surface area contributed by atoms with E-state index >= 15 is 0 Å². The molecule has 0 unspecified atom stereocenters. The van der Waals surface area contributed by atoms with Gasteiger partial charge in [-0.05, 0) is 48.2 Å². The first-order valence-electron chi connectivity index (χ1n) is 10.2. The van der Waals surface area contributed by atoms with Gasteiger partial charge in [0, 0.05) is 22.7 Å². The van der Waals surface area contributed by atoms with Crippen LogP contribution in [0.15, 0.2) is 82.0 Å². The van der Waals surface area contributed by atoms with Crippen molar-refractivity contribution >= 4 is 22.6 Å². The fourth-order valence-electron chi connectivity index (χ4n) is 3.64. The van der Waals surface area contributed by atoms with Crippen LogP contribution in [0.1, 0.15) is 18.1 Å². The minimum Gasteiger partial charge on any atom is -0.483 e. The van der Waals surface area contributed by atoms with Gasteiger partial charge in [-0.15, -0.1) is 0 Å². The Hall–Kier alpha value is -3.86. The molecule has 31 heavy (non-hydrogen) atoms. The van der Waals surface area contributed by atoms with Crippen LogP contribution in [-0.2, 0) is 11.2 Å². The molecule has 0 fully saturated rings. The van der Waals surface area contributed by atoms with E-state index in [9.17, 15) is 9.59 Å². The van der Waals surface area contributed by atoms with Gasteiger partial charge >= 0.3 is 5.63 Å². The summed E-state index contributed by atoms with van der Waals surface area (Å²) in [5.41, 5.74) is 4.29. The second-order valence-corrected chi connectivity index (χ2v) is 7.26. The van der Waals surface area contributed by atoms with Gasteiger partial charge in [0.2, 0.25) is 0 Å². The van der Waals surface area contributed by atoms with Crippen molar-refractivity contribution in [1.82, 2.24) is 0 Å². The lowest BCUT2D eigenvalue weighted by molar-refractivity contribution is -0.118. The number of ether oxygens (including phenoxy) is 1. The molecule has 1 heterocycles. The number of para-hydroxylation sites is 1. The number of nitrogens with one attached hydrogen (secondary N) is 1. The van der Waals surface area contributed by atoms with Gasteiger partial charge in [0.05, 0.1) is 0 Å². The second-order valence-electron chi connectivity index (χ2n) is 7.26. The van der Waals surface area contributed by atoms with Crippen molar-refractivity contribution in [2.75, 3.05) is 11.9 Å². The lowest BCUT2D eigenvalue weighted by Crippen LogP contribution is -2.21. The maximum atomic E-state index is 12.4. The zero-order chi connectivity index (χ0) is 21.8. The SMILES string of the molecule is CCc1ccccc1NC(=O)COc1ccc2c(-c3ccccc3)cc(=O)oc2c1C. The van der Waals surface area contributed by atoms with Gasteiger partial charge in [-0.2, -0.15) is 0 Å². The molecule has 3 aromatic carbocycles. The maximum Gasteiger partial charge on any atom is 0.336 e. The van der Waals surface area contributed by atoms with Crippen molar-refractivity contribution in [1.29, 1.82) is 0 Å². The molecule has 4 rings (SSSR count). The van der Waals surface area contributed by atoms with Crippen LogP contribution in [0.25, 0.3) is 22.1 Å². The van der Waals surface area contributed by atoms with Crippen molar-refractivity contribution in [2.45, 2.75) is 20.3 Å². The summed E-state index contributed by atoms with van der Waals surface area (Å²) in [4.78, 5) is 24.6. The topological polar surface area (TPSA) is 68.5 Å². The second kappa shape index (κ2) is 8.88. The van der Waals surface area contributed by atoms with Crippen molar-refractivity contribution in [3.8, 4) is 16.9 Å². The summed E-state index contributed by atoms with van der Waals surface area (Å²) in [5, 5.41) is 3.71. The van der Waals surface area contributed by atoms with Crippen LogP contribution in [-0.4, -0.2) is 12.5 Å². The molecule has 5 heteroatoms. The van der Waals surface area contributed by atoms with Gasteiger partial charge < -0.3 is 14.5 Å². The highest BCUT2D eigenvalue weighted by atomic mass is 16.5. The van der Waals surface area contributed by atoms with Gasteiger partial charge in [0.25, 0.3) is 5.91 Å². The molecular formula is C26H23NO4. The first-order valence-corrected chi connectivity index (χ1v) is 10.2. The van der Waals surface area contributed by atoms with Crippen LogP contribution in [0.3, 0.4) is 0 Å². The van der Waals surface area contributed by atoms with E-state index in [1.54, 1.807) is 6.07 Å². The third kappa shape index (κ3) is 4.36. The number of hydrogen-bond acceptors (Lipinski definition) is 4. The molecule has 1 amide bonds. The van der Waals surface area contributed by atoms with E-state index in [1.165, 1.54) is 6.07 Å². The van der Waals surface area contributed by atoms with Crippen LogP contribution in [0.2, 0.25) is 0 Å². The van der Waals surface area contributed by atoms with Crippen LogP contribution in [0.5, 0.6) is 5.75 Å². The fourth-order valence-corrected chi connectivity index (χ4v) is 3.64. The molecule has 1 N–H and O–H groups in total. The zero-order valence-corrected chi connectivity index (χ0v) is 17.5. The minimum atomic E-state index is -0.430. The van der Waals surface area contributed by atoms with Gasteiger partial charge in [0.15, 0.2) is 6.61 Å². The molecule has 156 valence electrons. The summed E-state index contributed by atoms with van der Waals surface area (Å²) in [7, 11) is 0. The lowest BCUT2D eigenvalue weighted by Gasteiger charge is -2.13. The van der Waals surface area contributed by atoms with Crippen molar-refractivity contribution in [3.63, 3.8) is 0 Å². The molecule has 0 radical (unpaired) electrons.